The molecule has 0 aliphatic carbocycles. The van der Waals surface area contributed by atoms with Gasteiger partial charge in [-0.1, -0.05) is 0 Å². The van der Waals surface area contributed by atoms with Crippen molar-refractivity contribution in [3.63, 3.8) is 0 Å². The Kier molecular flexibility index (Phi) is 3.48. The van der Waals surface area contributed by atoms with Gasteiger partial charge in [-0.2, -0.15) is 4.39 Å². The van der Waals surface area contributed by atoms with Gasteiger partial charge in [0.25, 0.3) is 6.43 Å². The molecule has 0 unspecified atom stereocenters. The Labute approximate surface area is 85.9 Å². The first kappa shape index (κ1) is 10.7. The van der Waals surface area contributed by atoms with E-state index in [1.165, 1.54) is 0 Å². The summed E-state index contributed by atoms with van der Waals surface area (Å²) in [6.45, 7) is -0.475. The summed E-state index contributed by atoms with van der Waals surface area (Å²) in [7, 11) is 0. The van der Waals surface area contributed by atoms with E-state index in [-0.39, 0.29) is 9.13 Å². The molecular formula is C7H5F3INO. The van der Waals surface area contributed by atoms with E-state index >= 15 is 0 Å². The van der Waals surface area contributed by atoms with Gasteiger partial charge in [-0.05, 0) is 34.2 Å². The van der Waals surface area contributed by atoms with Gasteiger partial charge < -0.3 is 5.11 Å². The summed E-state index contributed by atoms with van der Waals surface area (Å²) >= 11 is 1.60. The predicted molar refractivity (Wildman–Crippen MR) is 47.8 cm³/mol. The van der Waals surface area contributed by atoms with E-state index in [4.69, 9.17) is 5.11 Å². The maximum absolute atomic E-state index is 12.6. The van der Waals surface area contributed by atoms with Crippen LogP contribution in [0.3, 0.4) is 0 Å². The van der Waals surface area contributed by atoms with Gasteiger partial charge in [0, 0.05) is 3.57 Å². The summed E-state index contributed by atoms with van der Waals surface area (Å²) < 4.78 is 37.1. The molecule has 0 radical (unpaired) electrons. The molecule has 0 bridgehead atoms. The minimum atomic E-state index is -2.83. The van der Waals surface area contributed by atoms with Gasteiger partial charge in [-0.3, -0.25) is 0 Å². The molecule has 1 aromatic rings. The van der Waals surface area contributed by atoms with Crippen LogP contribution in [0.5, 0.6) is 0 Å². The lowest BCUT2D eigenvalue weighted by molar-refractivity contribution is 0.143. The highest BCUT2D eigenvalue weighted by atomic mass is 127. The van der Waals surface area contributed by atoms with E-state index < -0.39 is 24.7 Å². The number of aliphatic hydroxyl groups is 1. The van der Waals surface area contributed by atoms with Crippen molar-refractivity contribution < 1.29 is 18.3 Å². The molecule has 1 aromatic heterocycles. The Morgan fingerprint density at radius 2 is 2.15 bits per heavy atom. The van der Waals surface area contributed by atoms with Crippen LogP contribution in [0, 0.1) is 9.52 Å². The third-order valence-corrected chi connectivity index (χ3v) is 2.65. The number of alkyl halides is 2. The second-order valence-corrected chi connectivity index (χ2v) is 3.34. The fourth-order valence-electron chi connectivity index (χ4n) is 0.828. The highest BCUT2D eigenvalue weighted by Gasteiger charge is 2.17. The van der Waals surface area contributed by atoms with Gasteiger partial charge >= 0.3 is 0 Å². The van der Waals surface area contributed by atoms with Crippen LogP contribution in [0.2, 0.25) is 0 Å². The van der Waals surface area contributed by atoms with Crippen LogP contribution in [0.15, 0.2) is 6.07 Å². The maximum Gasteiger partial charge on any atom is 0.281 e. The van der Waals surface area contributed by atoms with Gasteiger partial charge in [0.15, 0.2) is 0 Å². The van der Waals surface area contributed by atoms with Crippen molar-refractivity contribution in [2.24, 2.45) is 0 Å². The zero-order valence-electron chi connectivity index (χ0n) is 6.27. The Hall–Kier alpha value is -0.370. The molecule has 1 heterocycles. The van der Waals surface area contributed by atoms with Crippen molar-refractivity contribution in [1.29, 1.82) is 0 Å². The first-order valence-corrected chi connectivity index (χ1v) is 4.38. The average Bonchev–Trinajstić information content (AvgIpc) is 2.08. The molecule has 0 saturated carbocycles. The van der Waals surface area contributed by atoms with E-state index in [9.17, 15) is 13.2 Å². The number of rotatable bonds is 2. The molecule has 0 atom stereocenters. The summed E-state index contributed by atoms with van der Waals surface area (Å²) in [5.74, 6) is -1.00. The second-order valence-electron chi connectivity index (χ2n) is 2.26. The normalized spacial score (nSPS) is 10.9. The number of pyridine rings is 1. The van der Waals surface area contributed by atoms with Gasteiger partial charge in [-0.15, -0.1) is 0 Å². The third kappa shape index (κ3) is 2.31. The molecule has 0 aliphatic rings. The zero-order valence-corrected chi connectivity index (χ0v) is 8.43. The Morgan fingerprint density at radius 1 is 1.54 bits per heavy atom. The fraction of sp³-hybridized carbons (Fsp3) is 0.286. The number of aromatic nitrogens is 1. The van der Waals surface area contributed by atoms with Crippen LogP contribution in [0.25, 0.3) is 0 Å². The molecular weight excluding hydrogens is 298 g/mol. The molecule has 1 N–H and O–H groups in total. The standard InChI is InChI=1S/C7H5F3INO/c8-4-1-3(2-13)5(11)6(12-4)7(9)10/h1,7,13H,2H2. The first-order valence-electron chi connectivity index (χ1n) is 3.30. The van der Waals surface area contributed by atoms with E-state index in [0.717, 1.165) is 6.07 Å². The lowest BCUT2D eigenvalue weighted by Gasteiger charge is -2.06. The molecule has 0 aromatic carbocycles. The third-order valence-electron chi connectivity index (χ3n) is 1.40. The van der Waals surface area contributed by atoms with Crippen LogP contribution in [0.1, 0.15) is 17.7 Å². The van der Waals surface area contributed by atoms with Crippen molar-refractivity contribution in [2.75, 3.05) is 0 Å². The van der Waals surface area contributed by atoms with Crippen LogP contribution < -0.4 is 0 Å². The molecule has 72 valence electrons. The topological polar surface area (TPSA) is 33.1 Å². The molecule has 0 spiro atoms. The quantitative estimate of drug-likeness (QED) is 0.671. The smallest absolute Gasteiger partial charge is 0.281 e. The molecule has 2 nitrogen and oxygen atoms in total. The van der Waals surface area contributed by atoms with Crippen molar-refractivity contribution in [3.8, 4) is 0 Å². The maximum atomic E-state index is 12.6. The predicted octanol–water partition coefficient (Wildman–Crippen LogP) is 2.26. The van der Waals surface area contributed by atoms with Crippen LogP contribution in [0.4, 0.5) is 13.2 Å². The van der Waals surface area contributed by atoms with Gasteiger partial charge in [0.2, 0.25) is 5.95 Å². The van der Waals surface area contributed by atoms with Crippen LogP contribution in [-0.2, 0) is 6.61 Å². The van der Waals surface area contributed by atoms with Crippen molar-refractivity contribution in [1.82, 2.24) is 4.98 Å². The highest BCUT2D eigenvalue weighted by molar-refractivity contribution is 14.1. The molecule has 6 heteroatoms. The Morgan fingerprint density at radius 3 is 2.62 bits per heavy atom. The Balaban J connectivity index is 3.27. The number of aliphatic hydroxyl groups excluding tert-OH is 1. The van der Waals surface area contributed by atoms with Crippen LogP contribution >= 0.6 is 22.6 Å². The largest absolute Gasteiger partial charge is 0.392 e. The summed E-state index contributed by atoms with van der Waals surface area (Å²) in [6.07, 6.45) is -2.83. The summed E-state index contributed by atoms with van der Waals surface area (Å²) in [6, 6.07) is 0.938. The molecule has 0 saturated heterocycles. The van der Waals surface area contributed by atoms with Gasteiger partial charge in [0.1, 0.15) is 5.69 Å². The minimum Gasteiger partial charge on any atom is -0.392 e. The molecule has 13 heavy (non-hydrogen) atoms. The van der Waals surface area contributed by atoms with E-state index in [2.05, 4.69) is 4.98 Å². The molecule has 1 rings (SSSR count). The SMILES string of the molecule is OCc1cc(F)nc(C(F)F)c1I. The van der Waals surface area contributed by atoms with Crippen molar-refractivity contribution >= 4 is 22.6 Å². The summed E-state index contributed by atoms with van der Waals surface area (Å²) in [5.41, 5.74) is -0.493. The van der Waals surface area contributed by atoms with Crippen molar-refractivity contribution in [2.45, 2.75) is 13.0 Å². The highest BCUT2D eigenvalue weighted by Crippen LogP contribution is 2.25. The number of halogens is 4. The zero-order chi connectivity index (χ0) is 10.0. The number of nitrogens with zero attached hydrogens (tertiary/aromatic N) is 1. The monoisotopic (exact) mass is 303 g/mol. The molecule has 0 fully saturated rings. The average molecular weight is 303 g/mol. The Bertz CT molecular complexity index is 319. The number of hydrogen-bond acceptors (Lipinski definition) is 2. The minimum absolute atomic E-state index is 0.108. The first-order chi connectivity index (χ1) is 6.06. The fourth-order valence-corrected chi connectivity index (χ4v) is 1.51. The van der Waals surface area contributed by atoms with E-state index in [1.807, 2.05) is 0 Å². The summed E-state index contributed by atoms with van der Waals surface area (Å²) in [5, 5.41) is 8.70. The lowest BCUT2D eigenvalue weighted by atomic mass is 10.2. The van der Waals surface area contributed by atoms with E-state index in [1.54, 1.807) is 22.6 Å². The van der Waals surface area contributed by atoms with Crippen LogP contribution in [-0.4, -0.2) is 10.1 Å². The van der Waals surface area contributed by atoms with Crippen molar-refractivity contribution in [3.05, 3.63) is 26.8 Å². The number of hydrogen-bond donors (Lipinski definition) is 1. The molecule has 0 amide bonds. The van der Waals surface area contributed by atoms with Gasteiger partial charge in [-0.25, -0.2) is 13.8 Å². The summed E-state index contributed by atoms with van der Waals surface area (Å²) in [4.78, 5) is 3.05. The molecule has 0 aliphatic heterocycles. The second kappa shape index (κ2) is 4.23. The van der Waals surface area contributed by atoms with Gasteiger partial charge in [0.05, 0.1) is 6.61 Å². The lowest BCUT2D eigenvalue weighted by Crippen LogP contribution is -2.02. The van der Waals surface area contributed by atoms with E-state index in [0.29, 0.717) is 0 Å².